The van der Waals surface area contributed by atoms with E-state index in [1.165, 1.54) is 24.3 Å². The van der Waals surface area contributed by atoms with Crippen molar-refractivity contribution in [3.05, 3.63) is 76.7 Å². The molecule has 5 heteroatoms. The minimum Gasteiger partial charge on any atom is -0.428 e. The van der Waals surface area contributed by atoms with Gasteiger partial charge in [0, 0.05) is 4.91 Å². The molecule has 0 radical (unpaired) electrons. The molecule has 0 spiro atoms. The van der Waals surface area contributed by atoms with E-state index in [9.17, 15) is 14.5 Å². The second kappa shape index (κ2) is 6.28. The number of benzene rings is 2. The van der Waals surface area contributed by atoms with Crippen molar-refractivity contribution in [3.63, 3.8) is 0 Å². The molecular formula is C19H18FN2O2+. The first kappa shape index (κ1) is 15.9. The summed E-state index contributed by atoms with van der Waals surface area (Å²) < 4.78 is 15.1. The lowest BCUT2D eigenvalue weighted by atomic mass is 10.0. The molecule has 3 rings (SSSR count). The second-order valence-corrected chi connectivity index (χ2v) is 5.56. The van der Waals surface area contributed by atoms with Crippen molar-refractivity contribution in [1.29, 1.82) is 0 Å². The Balaban J connectivity index is 2.38. The van der Waals surface area contributed by atoms with Gasteiger partial charge < -0.3 is 5.21 Å². The van der Waals surface area contributed by atoms with E-state index >= 15 is 0 Å². The molecule has 2 aromatic carbocycles. The number of nitrogens with zero attached hydrogens (tertiary/aromatic N) is 2. The van der Waals surface area contributed by atoms with Gasteiger partial charge in [-0.15, -0.1) is 0 Å². The largest absolute Gasteiger partial charge is 0.428 e. The smallest absolute Gasteiger partial charge is 0.293 e. The summed E-state index contributed by atoms with van der Waals surface area (Å²) in [4.78, 5) is 13.1. The molecule has 0 atom stereocenters. The monoisotopic (exact) mass is 325 g/mol. The van der Waals surface area contributed by atoms with Crippen LogP contribution in [0.25, 0.3) is 22.5 Å². The van der Waals surface area contributed by atoms with Crippen LogP contribution in [0.4, 0.5) is 4.39 Å². The third kappa shape index (κ3) is 2.58. The standard InChI is InChI=1S/C19H18FN2O2/c1-3-17-19(14-7-5-4-6-8-14)22(24)18(13(2)21(17)23)15-9-11-16(20)12-10-15/h4-12,23H,3H2,1-2H3/q+1. The summed E-state index contributed by atoms with van der Waals surface area (Å²) in [6.07, 6.45) is 0.494. The number of hydrogen-bond donors (Lipinski definition) is 1. The highest BCUT2D eigenvalue weighted by Gasteiger charge is 2.29. The number of halogens is 1. The van der Waals surface area contributed by atoms with Crippen molar-refractivity contribution in [2.45, 2.75) is 20.3 Å². The number of hydrogen-bond acceptors (Lipinski definition) is 2. The summed E-state index contributed by atoms with van der Waals surface area (Å²) in [5.41, 5.74) is 2.90. The van der Waals surface area contributed by atoms with Crippen molar-refractivity contribution in [1.82, 2.24) is 4.73 Å². The molecule has 4 nitrogen and oxygen atoms in total. The number of rotatable bonds is 3. The molecule has 0 saturated heterocycles. The lowest BCUT2D eigenvalue weighted by Gasteiger charge is -2.11. The van der Waals surface area contributed by atoms with Crippen LogP contribution in [0.2, 0.25) is 0 Å². The van der Waals surface area contributed by atoms with Gasteiger partial charge in [-0.25, -0.2) is 4.39 Å². The van der Waals surface area contributed by atoms with E-state index < -0.39 is 0 Å². The molecule has 0 fully saturated rings. The predicted octanol–water partition coefficient (Wildman–Crippen LogP) is 3.98. The Kier molecular flexibility index (Phi) is 4.16. The van der Waals surface area contributed by atoms with Gasteiger partial charge in [-0.3, -0.25) is 0 Å². The molecule has 0 saturated carbocycles. The molecule has 0 aliphatic heterocycles. The third-order valence-electron chi connectivity index (χ3n) is 4.10. The van der Waals surface area contributed by atoms with Crippen LogP contribution in [0.15, 0.2) is 54.6 Å². The Morgan fingerprint density at radius 1 is 1.00 bits per heavy atom. The fourth-order valence-corrected chi connectivity index (χ4v) is 2.91. The SMILES string of the molecule is CCc1c(-c2ccccc2)[n+](=O)c(-c2ccc(F)cc2)c(C)n1O. The van der Waals surface area contributed by atoms with E-state index in [0.29, 0.717) is 34.8 Å². The van der Waals surface area contributed by atoms with Crippen molar-refractivity contribution in [2.24, 2.45) is 0 Å². The highest BCUT2D eigenvalue weighted by Crippen LogP contribution is 2.26. The molecule has 1 N–H and O–H groups in total. The topological polar surface area (TPSA) is 48.1 Å². The van der Waals surface area contributed by atoms with Crippen LogP contribution in [0, 0.1) is 17.6 Å². The van der Waals surface area contributed by atoms with Crippen LogP contribution in [0.1, 0.15) is 18.3 Å². The van der Waals surface area contributed by atoms with Crippen molar-refractivity contribution in [2.75, 3.05) is 0 Å². The van der Waals surface area contributed by atoms with Crippen LogP contribution in [0.5, 0.6) is 0 Å². The van der Waals surface area contributed by atoms with Gasteiger partial charge in [0.15, 0.2) is 0 Å². The zero-order chi connectivity index (χ0) is 17.3. The third-order valence-corrected chi connectivity index (χ3v) is 4.10. The normalized spacial score (nSPS) is 10.8. The van der Waals surface area contributed by atoms with E-state index in [0.717, 1.165) is 14.7 Å². The van der Waals surface area contributed by atoms with Gasteiger partial charge in [0.05, 0.1) is 15.6 Å². The Hall–Kier alpha value is -2.95. The molecule has 3 aromatic rings. The summed E-state index contributed by atoms with van der Waals surface area (Å²) in [5, 5.41) is 10.6. The lowest BCUT2D eigenvalue weighted by molar-refractivity contribution is -0.472. The first-order chi connectivity index (χ1) is 11.5. The summed E-state index contributed by atoms with van der Waals surface area (Å²) in [7, 11) is 0. The highest BCUT2D eigenvalue weighted by atomic mass is 19.1. The molecule has 0 unspecified atom stereocenters. The average Bonchev–Trinajstić information content (AvgIpc) is 2.60. The second-order valence-electron chi connectivity index (χ2n) is 5.56. The molecule has 1 heterocycles. The van der Waals surface area contributed by atoms with Crippen LogP contribution < -0.4 is 4.43 Å². The fourth-order valence-electron chi connectivity index (χ4n) is 2.91. The van der Waals surface area contributed by atoms with Gasteiger partial charge in [0.2, 0.25) is 0 Å². The molecule has 24 heavy (non-hydrogen) atoms. The van der Waals surface area contributed by atoms with Gasteiger partial charge in [0.1, 0.15) is 17.2 Å². The Bertz CT molecular complexity index is 932. The molecule has 0 amide bonds. The summed E-state index contributed by atoms with van der Waals surface area (Å²) >= 11 is 0. The van der Waals surface area contributed by atoms with Crippen LogP contribution >= 0.6 is 0 Å². The fraction of sp³-hybridized carbons (Fsp3) is 0.158. The van der Waals surface area contributed by atoms with Gasteiger partial charge >= 0.3 is 0 Å². The summed E-state index contributed by atoms with van der Waals surface area (Å²) in [6.45, 7) is 3.55. The van der Waals surface area contributed by atoms with Crippen LogP contribution in [-0.2, 0) is 6.42 Å². The quantitative estimate of drug-likeness (QED) is 0.585. The van der Waals surface area contributed by atoms with E-state index in [1.54, 1.807) is 6.92 Å². The lowest BCUT2D eigenvalue weighted by Crippen LogP contribution is -2.29. The average molecular weight is 325 g/mol. The van der Waals surface area contributed by atoms with Gasteiger partial charge in [0.25, 0.3) is 11.4 Å². The van der Waals surface area contributed by atoms with Crippen molar-refractivity contribution in [3.8, 4) is 22.5 Å². The Morgan fingerprint density at radius 2 is 1.58 bits per heavy atom. The zero-order valence-corrected chi connectivity index (χ0v) is 13.5. The van der Waals surface area contributed by atoms with Crippen molar-refractivity contribution >= 4 is 0 Å². The Labute approximate surface area is 139 Å². The van der Waals surface area contributed by atoms with Gasteiger partial charge in [-0.05, 0) is 49.7 Å². The molecule has 0 aliphatic carbocycles. The maximum Gasteiger partial charge on any atom is 0.293 e. The summed E-state index contributed by atoms with van der Waals surface area (Å²) in [6, 6.07) is 14.9. The molecular weight excluding hydrogens is 307 g/mol. The number of aromatic nitrogens is 2. The van der Waals surface area contributed by atoms with Crippen molar-refractivity contribution < 1.29 is 14.0 Å². The summed E-state index contributed by atoms with van der Waals surface area (Å²) in [5.74, 6) is -0.376. The first-order valence-electron chi connectivity index (χ1n) is 7.76. The minimum atomic E-state index is -0.376. The van der Waals surface area contributed by atoms with Gasteiger partial charge in [-0.1, -0.05) is 25.1 Å². The van der Waals surface area contributed by atoms with E-state index in [2.05, 4.69) is 0 Å². The van der Waals surface area contributed by atoms with E-state index in [1.807, 2.05) is 37.3 Å². The minimum absolute atomic E-state index is 0.300. The molecule has 0 bridgehead atoms. The maximum atomic E-state index is 13.2. The van der Waals surface area contributed by atoms with Crippen LogP contribution in [0.3, 0.4) is 0 Å². The van der Waals surface area contributed by atoms with E-state index in [4.69, 9.17) is 0 Å². The Morgan fingerprint density at radius 3 is 2.17 bits per heavy atom. The molecule has 1 aromatic heterocycles. The van der Waals surface area contributed by atoms with E-state index in [-0.39, 0.29) is 5.82 Å². The van der Waals surface area contributed by atoms with Crippen LogP contribution in [-0.4, -0.2) is 9.94 Å². The predicted molar refractivity (Wildman–Crippen MR) is 89.9 cm³/mol. The first-order valence-corrected chi connectivity index (χ1v) is 7.76. The highest BCUT2D eigenvalue weighted by molar-refractivity contribution is 5.64. The van der Waals surface area contributed by atoms with Gasteiger partial charge in [-0.2, -0.15) is 4.73 Å². The molecule has 122 valence electrons. The maximum absolute atomic E-state index is 13.2. The zero-order valence-electron chi connectivity index (χ0n) is 13.5. The molecule has 0 aliphatic rings.